The van der Waals surface area contributed by atoms with E-state index in [9.17, 15) is 9.90 Å². The second-order valence-electron chi connectivity index (χ2n) is 7.02. The molecule has 2 N–H and O–H groups in total. The highest BCUT2D eigenvalue weighted by Crippen LogP contribution is 2.32. The Labute approximate surface area is 161 Å². The Kier molecular flexibility index (Phi) is 8.00. The van der Waals surface area contributed by atoms with E-state index in [0.717, 1.165) is 57.7 Å². The lowest BCUT2D eigenvalue weighted by Gasteiger charge is -2.35. The first-order valence-electron chi connectivity index (χ1n) is 9.22. The Hall–Kier alpha value is -1.50. The lowest BCUT2D eigenvalue weighted by Crippen LogP contribution is -2.53. The zero-order chi connectivity index (χ0) is 17.6. The third kappa shape index (κ3) is 6.04. The number of nitrogens with zero attached hydrogens (tertiary/aromatic N) is 2. The van der Waals surface area contributed by atoms with Gasteiger partial charge in [-0.1, -0.05) is 12.1 Å². The number of methoxy groups -OCH3 is 1. The van der Waals surface area contributed by atoms with Gasteiger partial charge in [0.25, 0.3) is 0 Å². The summed E-state index contributed by atoms with van der Waals surface area (Å²) in [5.74, 6) is 1.36. The zero-order valence-electron chi connectivity index (χ0n) is 15.4. The van der Waals surface area contributed by atoms with Crippen LogP contribution in [0.25, 0.3) is 0 Å². The molecule has 1 aliphatic heterocycles. The highest BCUT2D eigenvalue weighted by molar-refractivity contribution is 5.85. The number of nitrogens with one attached hydrogen (secondary N) is 1. The van der Waals surface area contributed by atoms with Crippen LogP contribution in [-0.4, -0.2) is 73.4 Å². The van der Waals surface area contributed by atoms with Gasteiger partial charge < -0.3 is 20.1 Å². The summed E-state index contributed by atoms with van der Waals surface area (Å²) >= 11 is 0. The fraction of sp³-hybridized carbons (Fsp3) is 0.632. The Morgan fingerprint density at radius 3 is 2.46 bits per heavy atom. The number of halogens is 1. The maximum absolute atomic E-state index is 12.3. The normalized spacial score (nSPS) is 18.8. The predicted octanol–water partition coefficient (Wildman–Crippen LogP) is 1.76. The largest absolute Gasteiger partial charge is 0.497 e. The van der Waals surface area contributed by atoms with Crippen LogP contribution >= 0.6 is 12.4 Å². The molecule has 1 saturated carbocycles. The van der Waals surface area contributed by atoms with Crippen molar-refractivity contribution in [2.75, 3.05) is 46.4 Å². The van der Waals surface area contributed by atoms with Gasteiger partial charge in [0.2, 0.25) is 0 Å². The third-order valence-electron chi connectivity index (χ3n) is 5.12. The molecule has 1 unspecified atom stereocenters. The molecule has 1 atom stereocenters. The Balaban J connectivity index is 0.00000243. The molecule has 1 saturated heterocycles. The molecule has 146 valence electrons. The Bertz CT molecular complexity index is 558. The van der Waals surface area contributed by atoms with E-state index in [4.69, 9.17) is 4.74 Å². The number of piperazine rings is 1. The van der Waals surface area contributed by atoms with Gasteiger partial charge in [0, 0.05) is 39.3 Å². The van der Waals surface area contributed by atoms with Gasteiger partial charge in [-0.3, -0.25) is 4.90 Å². The summed E-state index contributed by atoms with van der Waals surface area (Å²) in [6.45, 7) is 4.52. The lowest BCUT2D eigenvalue weighted by molar-refractivity contribution is 0.0697. The number of hydrogen-bond acceptors (Lipinski definition) is 4. The van der Waals surface area contributed by atoms with E-state index < -0.39 is 0 Å². The molecule has 2 amide bonds. The van der Waals surface area contributed by atoms with Crippen LogP contribution in [-0.2, 0) is 6.42 Å². The predicted molar refractivity (Wildman–Crippen MR) is 104 cm³/mol. The molecule has 0 aromatic heterocycles. The molecule has 26 heavy (non-hydrogen) atoms. The van der Waals surface area contributed by atoms with E-state index in [1.807, 2.05) is 29.2 Å². The molecule has 0 spiro atoms. The number of carbonyl (C=O) groups excluding carboxylic acids is 1. The number of β-amino-alcohol motifs (C(OH)–C–C–N with tert-alkyl or cyclic N) is 1. The Morgan fingerprint density at radius 1 is 1.23 bits per heavy atom. The van der Waals surface area contributed by atoms with Gasteiger partial charge >= 0.3 is 6.03 Å². The van der Waals surface area contributed by atoms with Gasteiger partial charge in [0.05, 0.1) is 13.2 Å². The molecule has 0 bridgehead atoms. The quantitative estimate of drug-likeness (QED) is 0.753. The van der Waals surface area contributed by atoms with Crippen molar-refractivity contribution in [1.29, 1.82) is 0 Å². The molecule has 2 aliphatic rings. The molecule has 3 rings (SSSR count). The van der Waals surface area contributed by atoms with Crippen LogP contribution < -0.4 is 10.1 Å². The van der Waals surface area contributed by atoms with Gasteiger partial charge in [-0.05, 0) is 42.9 Å². The summed E-state index contributed by atoms with van der Waals surface area (Å²) in [6.07, 6.45) is 2.95. The number of aliphatic hydroxyl groups is 1. The molecular weight excluding hydrogens is 354 g/mol. The van der Waals surface area contributed by atoms with Crippen LogP contribution in [0.4, 0.5) is 4.79 Å². The highest BCUT2D eigenvalue weighted by atomic mass is 35.5. The van der Waals surface area contributed by atoms with Crippen LogP contribution in [0.15, 0.2) is 24.3 Å². The van der Waals surface area contributed by atoms with E-state index in [0.29, 0.717) is 12.5 Å². The monoisotopic (exact) mass is 383 g/mol. The molecule has 6 nitrogen and oxygen atoms in total. The van der Waals surface area contributed by atoms with Gasteiger partial charge in [0.1, 0.15) is 5.75 Å². The molecule has 0 radical (unpaired) electrons. The minimum atomic E-state index is -0.190. The van der Waals surface area contributed by atoms with E-state index in [2.05, 4.69) is 10.2 Å². The van der Waals surface area contributed by atoms with Crippen LogP contribution in [0.1, 0.15) is 18.4 Å². The van der Waals surface area contributed by atoms with Gasteiger partial charge in [-0.2, -0.15) is 0 Å². The van der Waals surface area contributed by atoms with Crippen molar-refractivity contribution in [2.45, 2.75) is 25.4 Å². The molecule has 1 heterocycles. The smallest absolute Gasteiger partial charge is 0.317 e. The second-order valence-corrected chi connectivity index (χ2v) is 7.02. The highest BCUT2D eigenvalue weighted by Gasteiger charge is 2.32. The summed E-state index contributed by atoms with van der Waals surface area (Å²) in [5.41, 5.74) is 1.18. The van der Waals surface area contributed by atoms with Crippen molar-refractivity contribution in [1.82, 2.24) is 15.1 Å². The summed E-state index contributed by atoms with van der Waals surface area (Å²) < 4.78 is 5.14. The van der Waals surface area contributed by atoms with Crippen molar-refractivity contribution < 1.29 is 14.6 Å². The first-order valence-corrected chi connectivity index (χ1v) is 9.22. The van der Waals surface area contributed by atoms with Crippen molar-refractivity contribution in [3.8, 4) is 5.75 Å². The lowest BCUT2D eigenvalue weighted by atomic mass is 10.1. The van der Waals surface area contributed by atoms with E-state index in [1.165, 1.54) is 5.56 Å². The van der Waals surface area contributed by atoms with E-state index in [-0.39, 0.29) is 24.5 Å². The van der Waals surface area contributed by atoms with Gasteiger partial charge in [-0.15, -0.1) is 12.4 Å². The summed E-state index contributed by atoms with van der Waals surface area (Å²) in [5, 5.41) is 13.0. The number of hydrogen-bond donors (Lipinski definition) is 2. The molecule has 7 heteroatoms. The number of benzene rings is 1. The number of urea groups is 1. The number of rotatable bonds is 7. The van der Waals surface area contributed by atoms with Gasteiger partial charge in [-0.25, -0.2) is 4.79 Å². The minimum Gasteiger partial charge on any atom is -0.497 e. The molecule has 2 fully saturated rings. The minimum absolute atomic E-state index is 0. The topological polar surface area (TPSA) is 65.0 Å². The van der Waals surface area contributed by atoms with Crippen LogP contribution in [0, 0.1) is 5.92 Å². The fourth-order valence-corrected chi connectivity index (χ4v) is 3.25. The molecular formula is C19H30ClN3O3. The SMILES string of the molecule is COc1ccc(CCNC(=O)N2CCN(CC(O)C3CC3)CC2)cc1.Cl. The Morgan fingerprint density at radius 2 is 1.88 bits per heavy atom. The summed E-state index contributed by atoms with van der Waals surface area (Å²) in [6, 6.07) is 7.93. The van der Waals surface area contributed by atoms with Crippen molar-refractivity contribution in [3.05, 3.63) is 29.8 Å². The maximum atomic E-state index is 12.3. The van der Waals surface area contributed by atoms with Crippen molar-refractivity contribution in [3.63, 3.8) is 0 Å². The summed E-state index contributed by atoms with van der Waals surface area (Å²) in [7, 11) is 1.65. The molecule has 1 aliphatic carbocycles. The first kappa shape index (κ1) is 20.8. The number of carbonyl (C=O) groups is 1. The van der Waals surface area contributed by atoms with Gasteiger partial charge in [0.15, 0.2) is 0 Å². The second kappa shape index (κ2) is 10.00. The van der Waals surface area contributed by atoms with Crippen molar-refractivity contribution in [2.24, 2.45) is 5.92 Å². The van der Waals surface area contributed by atoms with Crippen molar-refractivity contribution >= 4 is 18.4 Å². The number of ether oxygens (including phenoxy) is 1. The maximum Gasteiger partial charge on any atom is 0.317 e. The molecule has 1 aromatic carbocycles. The van der Waals surface area contributed by atoms with E-state index >= 15 is 0 Å². The standard InChI is InChI=1S/C19H29N3O3.ClH/c1-25-17-6-2-15(3-7-17)8-9-20-19(24)22-12-10-21(11-13-22)14-18(23)16-4-5-16;/h2-3,6-7,16,18,23H,4-5,8-14H2,1H3,(H,20,24);1H. The number of aliphatic hydroxyl groups excluding tert-OH is 1. The molecule has 1 aromatic rings. The van der Waals surface area contributed by atoms with Crippen LogP contribution in [0.2, 0.25) is 0 Å². The summed E-state index contributed by atoms with van der Waals surface area (Å²) in [4.78, 5) is 16.4. The zero-order valence-corrected chi connectivity index (χ0v) is 16.2. The van der Waals surface area contributed by atoms with Crippen LogP contribution in [0.5, 0.6) is 5.75 Å². The average Bonchev–Trinajstić information content (AvgIpc) is 3.48. The average molecular weight is 384 g/mol. The van der Waals surface area contributed by atoms with E-state index in [1.54, 1.807) is 7.11 Å². The number of amides is 2. The van der Waals surface area contributed by atoms with Crippen LogP contribution in [0.3, 0.4) is 0 Å². The third-order valence-corrected chi connectivity index (χ3v) is 5.12. The first-order chi connectivity index (χ1) is 12.2. The fourth-order valence-electron chi connectivity index (χ4n) is 3.25.